The maximum Gasteiger partial charge on any atom is 0.191 e. The van der Waals surface area contributed by atoms with Gasteiger partial charge >= 0.3 is 0 Å². The van der Waals surface area contributed by atoms with Crippen LogP contribution in [0.25, 0.3) is 0 Å². The number of hydrogen-bond donors (Lipinski definition) is 2. The normalized spacial score (nSPS) is 19.2. The first-order valence-corrected chi connectivity index (χ1v) is 8.12. The highest BCUT2D eigenvalue weighted by Crippen LogP contribution is 2.36. The first kappa shape index (κ1) is 14.4. The largest absolute Gasteiger partial charge is 0.373 e. The van der Waals surface area contributed by atoms with Gasteiger partial charge in [0.1, 0.15) is 11.6 Å². The van der Waals surface area contributed by atoms with Crippen LogP contribution in [-0.2, 0) is 0 Å². The van der Waals surface area contributed by atoms with E-state index in [1.165, 1.54) is 25.7 Å². The molecule has 2 rings (SSSR count). The highest BCUT2D eigenvalue weighted by atomic mass is 32.2. The Morgan fingerprint density at radius 1 is 1.21 bits per heavy atom. The van der Waals surface area contributed by atoms with Gasteiger partial charge in [0.05, 0.1) is 0 Å². The molecule has 5 heteroatoms. The van der Waals surface area contributed by atoms with Gasteiger partial charge in [-0.25, -0.2) is 9.97 Å². The third kappa shape index (κ3) is 4.00. The third-order valence-corrected chi connectivity index (χ3v) is 4.38. The molecule has 1 saturated carbocycles. The Bertz CT molecular complexity index is 401. The van der Waals surface area contributed by atoms with Crippen LogP contribution in [0.4, 0.5) is 11.6 Å². The highest BCUT2D eigenvalue weighted by molar-refractivity contribution is 7.98. The highest BCUT2D eigenvalue weighted by Gasteiger charge is 2.26. The molecular formula is C14H24N4S. The third-order valence-electron chi connectivity index (χ3n) is 3.84. The standard InChI is InChI=1S/C14H24N4S/c1-14(2)7-5-10(6-8-14)16-12-9-11(15-3)17-13(18-12)19-4/h9-10H,5-8H2,1-4H3,(H2,15,16,17,18). The van der Waals surface area contributed by atoms with Gasteiger partial charge in [0.25, 0.3) is 0 Å². The summed E-state index contributed by atoms with van der Waals surface area (Å²) in [7, 11) is 1.89. The molecule has 0 unspecified atom stereocenters. The molecule has 1 fully saturated rings. The van der Waals surface area contributed by atoms with Crippen LogP contribution >= 0.6 is 11.8 Å². The summed E-state index contributed by atoms with van der Waals surface area (Å²) in [5.41, 5.74) is 0.504. The van der Waals surface area contributed by atoms with Gasteiger partial charge in [0.2, 0.25) is 0 Å². The predicted molar refractivity (Wildman–Crippen MR) is 83.0 cm³/mol. The fourth-order valence-corrected chi connectivity index (χ4v) is 2.85. The number of hydrogen-bond acceptors (Lipinski definition) is 5. The van der Waals surface area contributed by atoms with Crippen LogP contribution in [0.15, 0.2) is 11.2 Å². The van der Waals surface area contributed by atoms with Crippen molar-refractivity contribution < 1.29 is 0 Å². The second kappa shape index (κ2) is 5.99. The van der Waals surface area contributed by atoms with E-state index in [1.54, 1.807) is 11.8 Å². The lowest BCUT2D eigenvalue weighted by molar-refractivity contribution is 0.232. The van der Waals surface area contributed by atoms with Crippen molar-refractivity contribution in [1.29, 1.82) is 0 Å². The minimum Gasteiger partial charge on any atom is -0.373 e. The second-order valence-corrected chi connectivity index (χ2v) is 6.73. The molecule has 0 atom stereocenters. The SMILES string of the molecule is CNc1cc(NC2CCC(C)(C)CC2)nc(SC)n1. The van der Waals surface area contributed by atoms with Crippen molar-refractivity contribution in [3.05, 3.63) is 6.07 Å². The lowest BCUT2D eigenvalue weighted by Crippen LogP contribution is -2.30. The van der Waals surface area contributed by atoms with Crippen molar-refractivity contribution in [3.8, 4) is 0 Å². The van der Waals surface area contributed by atoms with E-state index in [0.717, 1.165) is 16.8 Å². The lowest BCUT2D eigenvalue weighted by atomic mass is 9.75. The monoisotopic (exact) mass is 280 g/mol. The van der Waals surface area contributed by atoms with Gasteiger partial charge in [-0.2, -0.15) is 0 Å². The van der Waals surface area contributed by atoms with Crippen LogP contribution in [-0.4, -0.2) is 29.3 Å². The summed E-state index contributed by atoms with van der Waals surface area (Å²) >= 11 is 1.57. The summed E-state index contributed by atoms with van der Waals surface area (Å²) in [5, 5.41) is 7.46. The molecule has 4 nitrogen and oxygen atoms in total. The predicted octanol–water partition coefficient (Wildman–Crippen LogP) is 3.62. The summed E-state index contributed by atoms with van der Waals surface area (Å²) in [5.74, 6) is 1.81. The molecule has 2 N–H and O–H groups in total. The topological polar surface area (TPSA) is 49.8 Å². The zero-order chi connectivity index (χ0) is 13.9. The molecule has 1 aliphatic rings. The lowest BCUT2D eigenvalue weighted by Gasteiger charge is -2.34. The van der Waals surface area contributed by atoms with Crippen LogP contribution < -0.4 is 10.6 Å². The van der Waals surface area contributed by atoms with E-state index in [0.29, 0.717) is 11.5 Å². The zero-order valence-electron chi connectivity index (χ0n) is 12.3. The molecule has 0 aromatic carbocycles. The first-order valence-electron chi connectivity index (χ1n) is 6.90. The summed E-state index contributed by atoms with van der Waals surface area (Å²) in [6, 6.07) is 2.53. The van der Waals surface area contributed by atoms with Gasteiger partial charge in [0.15, 0.2) is 5.16 Å². The molecule has 0 spiro atoms. The van der Waals surface area contributed by atoms with Crippen molar-refractivity contribution in [2.45, 2.75) is 50.7 Å². The molecule has 1 aromatic rings. The number of nitrogens with zero attached hydrogens (tertiary/aromatic N) is 2. The summed E-state index contributed by atoms with van der Waals surface area (Å²) in [4.78, 5) is 8.92. The van der Waals surface area contributed by atoms with E-state index in [9.17, 15) is 0 Å². The molecule has 106 valence electrons. The zero-order valence-corrected chi connectivity index (χ0v) is 13.1. The average Bonchev–Trinajstić information content (AvgIpc) is 2.40. The van der Waals surface area contributed by atoms with Gasteiger partial charge in [-0.05, 0) is 37.4 Å². The summed E-state index contributed by atoms with van der Waals surface area (Å²) in [6.07, 6.45) is 7.01. The van der Waals surface area contributed by atoms with Crippen molar-refractivity contribution in [2.75, 3.05) is 23.9 Å². The Hall–Kier alpha value is -0.970. The number of anilines is 2. The number of aromatic nitrogens is 2. The van der Waals surface area contributed by atoms with Gasteiger partial charge in [-0.15, -0.1) is 0 Å². The number of thioether (sulfide) groups is 1. The van der Waals surface area contributed by atoms with Crippen LogP contribution in [0, 0.1) is 5.41 Å². The van der Waals surface area contributed by atoms with Gasteiger partial charge < -0.3 is 10.6 Å². The molecule has 1 aliphatic carbocycles. The minimum atomic E-state index is 0.504. The van der Waals surface area contributed by atoms with E-state index in [2.05, 4.69) is 34.4 Å². The smallest absolute Gasteiger partial charge is 0.191 e. The first-order chi connectivity index (χ1) is 9.02. The van der Waals surface area contributed by atoms with Crippen LogP contribution in [0.2, 0.25) is 0 Å². The Balaban J connectivity index is 2.03. The van der Waals surface area contributed by atoms with Gasteiger partial charge in [0, 0.05) is 19.2 Å². The Labute approximate surface area is 120 Å². The van der Waals surface area contributed by atoms with Gasteiger partial charge in [-0.3, -0.25) is 0 Å². The number of rotatable bonds is 4. The fourth-order valence-electron chi connectivity index (χ4n) is 2.47. The summed E-state index contributed by atoms with van der Waals surface area (Å²) < 4.78 is 0. The molecule has 1 heterocycles. The quantitative estimate of drug-likeness (QED) is 0.651. The Morgan fingerprint density at radius 2 is 1.84 bits per heavy atom. The maximum absolute atomic E-state index is 4.53. The fraction of sp³-hybridized carbons (Fsp3) is 0.714. The molecule has 0 aliphatic heterocycles. The molecular weight excluding hydrogens is 256 g/mol. The Kier molecular flexibility index (Phi) is 4.55. The molecule has 0 saturated heterocycles. The van der Waals surface area contributed by atoms with Gasteiger partial charge in [-0.1, -0.05) is 25.6 Å². The van der Waals surface area contributed by atoms with E-state index in [4.69, 9.17) is 0 Å². The summed E-state index contributed by atoms with van der Waals surface area (Å²) in [6.45, 7) is 4.72. The van der Waals surface area contributed by atoms with E-state index in [1.807, 2.05) is 19.4 Å². The van der Waals surface area contributed by atoms with Crippen molar-refractivity contribution in [2.24, 2.45) is 5.41 Å². The van der Waals surface area contributed by atoms with Crippen LogP contribution in [0.3, 0.4) is 0 Å². The van der Waals surface area contributed by atoms with E-state index >= 15 is 0 Å². The van der Waals surface area contributed by atoms with Crippen molar-refractivity contribution in [1.82, 2.24) is 9.97 Å². The second-order valence-electron chi connectivity index (χ2n) is 5.96. The molecule has 0 radical (unpaired) electrons. The number of nitrogens with one attached hydrogen (secondary N) is 2. The molecule has 0 amide bonds. The Morgan fingerprint density at radius 3 is 2.42 bits per heavy atom. The van der Waals surface area contributed by atoms with Crippen LogP contribution in [0.5, 0.6) is 0 Å². The average molecular weight is 280 g/mol. The van der Waals surface area contributed by atoms with Crippen molar-refractivity contribution in [3.63, 3.8) is 0 Å². The van der Waals surface area contributed by atoms with Crippen LogP contribution in [0.1, 0.15) is 39.5 Å². The van der Waals surface area contributed by atoms with Crippen molar-refractivity contribution >= 4 is 23.4 Å². The molecule has 1 aromatic heterocycles. The van der Waals surface area contributed by atoms with E-state index in [-0.39, 0.29) is 0 Å². The minimum absolute atomic E-state index is 0.504. The van der Waals surface area contributed by atoms with E-state index < -0.39 is 0 Å². The molecule has 19 heavy (non-hydrogen) atoms. The maximum atomic E-state index is 4.53. The molecule has 0 bridgehead atoms.